The summed E-state index contributed by atoms with van der Waals surface area (Å²) in [4.78, 5) is 19.9. The quantitative estimate of drug-likeness (QED) is 0.297. The van der Waals surface area contributed by atoms with E-state index in [9.17, 15) is 8.94 Å². The number of pyridine rings is 1. The van der Waals surface area contributed by atoms with E-state index in [1.54, 1.807) is 42.8 Å². The molecule has 11 heteroatoms. The number of nitrogens with zero attached hydrogens (tertiary/aromatic N) is 6. The molecule has 4 aromatic rings. The predicted octanol–water partition coefficient (Wildman–Crippen LogP) is 3.16. The van der Waals surface area contributed by atoms with Gasteiger partial charge in [0, 0.05) is 37.3 Å². The molecule has 0 aliphatic heterocycles. The van der Waals surface area contributed by atoms with Crippen molar-refractivity contribution in [3.63, 3.8) is 0 Å². The second-order valence-electron chi connectivity index (χ2n) is 7.08. The van der Waals surface area contributed by atoms with Crippen molar-refractivity contribution in [3.8, 4) is 0 Å². The highest BCUT2D eigenvalue weighted by Crippen LogP contribution is 2.18. The van der Waals surface area contributed by atoms with Gasteiger partial charge < -0.3 is 19.3 Å². The summed E-state index contributed by atoms with van der Waals surface area (Å²) in [5.41, 5.74) is 1.47. The summed E-state index contributed by atoms with van der Waals surface area (Å²) in [7, 11) is 1.80. The average Bonchev–Trinajstić information content (AvgIpc) is 3.47. The fourth-order valence-electron chi connectivity index (χ4n) is 3.22. The summed E-state index contributed by atoms with van der Waals surface area (Å²) in [5, 5.41) is 0. The first kappa shape index (κ1) is 21.7. The lowest BCUT2D eigenvalue weighted by Gasteiger charge is -2.23. The summed E-state index contributed by atoms with van der Waals surface area (Å²) in [6.45, 7) is 1.80. The minimum absolute atomic E-state index is 0.257. The molecule has 2 N–H and O–H groups in total. The molecule has 32 heavy (non-hydrogen) atoms. The van der Waals surface area contributed by atoms with Gasteiger partial charge in [-0.3, -0.25) is 4.99 Å². The average molecular weight is 455 g/mol. The van der Waals surface area contributed by atoms with E-state index in [2.05, 4.69) is 33.6 Å². The number of imidazole rings is 1. The Kier molecular flexibility index (Phi) is 6.87. The van der Waals surface area contributed by atoms with Gasteiger partial charge >= 0.3 is 0 Å². The van der Waals surface area contributed by atoms with Gasteiger partial charge in [0.2, 0.25) is 11.3 Å². The zero-order chi connectivity index (χ0) is 22.3. The monoisotopic (exact) mass is 454 g/mol. The number of aromatic nitrogens is 5. The molecule has 1 atom stereocenters. The van der Waals surface area contributed by atoms with Crippen LogP contribution in [0.25, 0.3) is 0 Å². The maximum atomic E-state index is 13.3. The smallest absolute Gasteiger partial charge is 0.239 e. The highest BCUT2D eigenvalue weighted by atomic mass is 32.2. The fourth-order valence-corrected chi connectivity index (χ4v) is 3.95. The number of nitrogens with one attached hydrogen (secondary N) is 2. The molecule has 0 radical (unpaired) electrons. The van der Waals surface area contributed by atoms with E-state index < -0.39 is 11.1 Å². The molecule has 4 rings (SSSR count). The fraction of sp³-hybridized carbons (Fsp3) is 0.238. The molecule has 9 nitrogen and oxygen atoms in total. The Morgan fingerprint density at radius 1 is 1.19 bits per heavy atom. The minimum Gasteiger partial charge on any atom is -0.548 e. The summed E-state index contributed by atoms with van der Waals surface area (Å²) in [5.74, 6) is 1.79. The first-order valence-corrected chi connectivity index (χ1v) is 11.2. The third-order valence-electron chi connectivity index (χ3n) is 4.84. The van der Waals surface area contributed by atoms with Gasteiger partial charge in [0.05, 0.1) is 12.5 Å². The van der Waals surface area contributed by atoms with Crippen molar-refractivity contribution >= 4 is 28.6 Å². The van der Waals surface area contributed by atoms with Crippen LogP contribution < -0.4 is 15.3 Å². The van der Waals surface area contributed by atoms with Crippen LogP contribution in [0.15, 0.2) is 66.2 Å². The van der Waals surface area contributed by atoms with Crippen LogP contribution in [0.3, 0.4) is 0 Å². The number of aromatic amines is 2. The van der Waals surface area contributed by atoms with Crippen LogP contribution in [0.4, 0.5) is 21.8 Å². The van der Waals surface area contributed by atoms with E-state index in [0.717, 1.165) is 23.6 Å². The van der Waals surface area contributed by atoms with Crippen molar-refractivity contribution in [2.24, 2.45) is 4.99 Å². The van der Waals surface area contributed by atoms with Crippen LogP contribution in [0.5, 0.6) is 0 Å². The molecule has 3 aromatic heterocycles. The second kappa shape index (κ2) is 10.2. The van der Waals surface area contributed by atoms with E-state index in [0.29, 0.717) is 30.9 Å². The van der Waals surface area contributed by atoms with Crippen molar-refractivity contribution in [2.45, 2.75) is 13.0 Å². The SMILES string of the molecule is CN(c1cnc[nH]1)c1n[s+]([O-])[nH]c1=NCCCN(Cc1ccc(F)cc1)c1ccccn1. The Balaban J connectivity index is 1.45. The standard InChI is InChI=1S/C21H23FN8OS/c1-29(19-13-23-15-26-19)21-20(27-32(31)28-21)25-11-4-12-30(18-5-2-3-10-24-18)14-16-6-8-17(22)9-7-16/h2-3,5-10,13,15H,4,11-12,14H2,1H3,(H,23,26)(H,25,27). The normalized spacial score (nSPS) is 12.2. The Morgan fingerprint density at radius 2 is 2.03 bits per heavy atom. The zero-order valence-corrected chi connectivity index (χ0v) is 18.3. The van der Waals surface area contributed by atoms with Gasteiger partial charge in [-0.25, -0.2) is 14.4 Å². The predicted molar refractivity (Wildman–Crippen MR) is 121 cm³/mol. The van der Waals surface area contributed by atoms with Crippen molar-refractivity contribution in [1.82, 2.24) is 23.7 Å². The van der Waals surface area contributed by atoms with Crippen LogP contribution in [-0.2, 0) is 6.54 Å². The molecular formula is C21H23FN8OS. The summed E-state index contributed by atoms with van der Waals surface area (Å²) >= 11 is -1.56. The van der Waals surface area contributed by atoms with E-state index in [-0.39, 0.29) is 5.82 Å². The highest BCUT2D eigenvalue weighted by molar-refractivity contribution is 7.13. The second-order valence-corrected chi connectivity index (χ2v) is 7.97. The lowest BCUT2D eigenvalue weighted by molar-refractivity contribution is 0.584. The summed E-state index contributed by atoms with van der Waals surface area (Å²) in [6.07, 6.45) is 5.70. The van der Waals surface area contributed by atoms with Gasteiger partial charge in [-0.2, -0.15) is 0 Å². The number of halogens is 1. The molecule has 0 amide bonds. The van der Waals surface area contributed by atoms with Crippen LogP contribution in [-0.4, -0.2) is 48.4 Å². The third-order valence-corrected chi connectivity index (χ3v) is 5.55. The molecule has 0 spiro atoms. The molecule has 0 aliphatic carbocycles. The number of rotatable bonds is 9. The van der Waals surface area contributed by atoms with Gasteiger partial charge in [-0.05, 0) is 36.2 Å². The molecule has 3 heterocycles. The molecule has 0 bridgehead atoms. The first-order valence-electron chi connectivity index (χ1n) is 10.0. The molecule has 1 unspecified atom stereocenters. The third kappa shape index (κ3) is 5.37. The molecule has 0 saturated carbocycles. The van der Waals surface area contributed by atoms with Gasteiger partial charge in [-0.1, -0.05) is 18.2 Å². The van der Waals surface area contributed by atoms with Crippen LogP contribution in [0.2, 0.25) is 0 Å². The van der Waals surface area contributed by atoms with E-state index in [4.69, 9.17) is 0 Å². The number of anilines is 3. The highest BCUT2D eigenvalue weighted by Gasteiger charge is 2.16. The molecular weight excluding hydrogens is 431 g/mol. The number of hydrogen-bond donors (Lipinski definition) is 2. The Labute approximate surface area is 187 Å². The van der Waals surface area contributed by atoms with Gasteiger partial charge in [0.1, 0.15) is 17.5 Å². The van der Waals surface area contributed by atoms with Gasteiger partial charge in [0.15, 0.2) is 11.1 Å². The summed E-state index contributed by atoms with van der Waals surface area (Å²) in [6, 6.07) is 12.2. The Hall–Kier alpha value is -3.57. The maximum absolute atomic E-state index is 13.3. The van der Waals surface area contributed by atoms with Crippen molar-refractivity contribution < 1.29 is 8.94 Å². The van der Waals surface area contributed by atoms with E-state index >= 15 is 0 Å². The lowest BCUT2D eigenvalue weighted by Crippen LogP contribution is -2.25. The zero-order valence-electron chi connectivity index (χ0n) is 17.5. The number of benzene rings is 1. The number of hydrogen-bond acceptors (Lipinski definition) is 7. The van der Waals surface area contributed by atoms with Crippen LogP contribution in [0.1, 0.15) is 12.0 Å². The molecule has 0 aliphatic rings. The Morgan fingerprint density at radius 3 is 2.75 bits per heavy atom. The lowest BCUT2D eigenvalue weighted by atomic mass is 10.2. The van der Waals surface area contributed by atoms with Crippen molar-refractivity contribution in [2.75, 3.05) is 29.9 Å². The van der Waals surface area contributed by atoms with Crippen molar-refractivity contribution in [1.29, 1.82) is 0 Å². The summed E-state index contributed by atoms with van der Waals surface area (Å²) < 4.78 is 32.1. The van der Waals surface area contributed by atoms with Crippen molar-refractivity contribution in [3.05, 3.63) is 78.1 Å². The Bertz CT molecular complexity index is 1170. The molecule has 166 valence electrons. The topological polar surface area (TPSA) is 112 Å². The largest absolute Gasteiger partial charge is 0.548 e. The molecule has 1 aromatic carbocycles. The van der Waals surface area contributed by atoms with Crippen LogP contribution >= 0.6 is 11.1 Å². The molecule has 0 fully saturated rings. The maximum Gasteiger partial charge on any atom is 0.239 e. The van der Waals surface area contributed by atoms with E-state index in [1.807, 2.05) is 18.2 Å². The van der Waals surface area contributed by atoms with Crippen LogP contribution in [0, 0.1) is 5.82 Å². The van der Waals surface area contributed by atoms with Gasteiger partial charge in [-0.15, -0.1) is 4.37 Å². The first-order chi connectivity index (χ1) is 15.6. The molecule has 0 saturated heterocycles. The minimum atomic E-state index is -1.56. The van der Waals surface area contributed by atoms with E-state index in [1.165, 1.54) is 12.1 Å². The number of H-pyrrole nitrogens is 2. The van der Waals surface area contributed by atoms with Gasteiger partial charge in [0.25, 0.3) is 0 Å².